The number of nitrogens with one attached hydrogen (secondary N) is 1. The summed E-state index contributed by atoms with van der Waals surface area (Å²) in [4.78, 5) is 25.5. The van der Waals surface area contributed by atoms with E-state index in [1.807, 2.05) is 6.07 Å². The molecule has 9 nitrogen and oxygen atoms in total. The van der Waals surface area contributed by atoms with Crippen molar-refractivity contribution in [3.63, 3.8) is 0 Å². The minimum absolute atomic E-state index is 0.0517. The van der Waals surface area contributed by atoms with Gasteiger partial charge in [0, 0.05) is 23.0 Å². The van der Waals surface area contributed by atoms with Gasteiger partial charge in [-0.05, 0) is 24.3 Å². The minimum Gasteiger partial charge on any atom is -0.491 e. The third kappa shape index (κ3) is 3.77. The molecule has 0 atom stereocenters. The molecule has 0 bridgehead atoms. The fraction of sp³-hybridized carbons (Fsp3) is 0.235. The number of methoxy groups -OCH3 is 1. The molecule has 2 heterocycles. The third-order valence-electron chi connectivity index (χ3n) is 3.76. The van der Waals surface area contributed by atoms with Crippen molar-refractivity contribution in [3.05, 3.63) is 52.4 Å². The van der Waals surface area contributed by atoms with Crippen molar-refractivity contribution in [1.29, 1.82) is 0 Å². The first-order chi connectivity index (χ1) is 12.5. The van der Waals surface area contributed by atoms with Crippen LogP contribution in [-0.2, 0) is 18.4 Å². The van der Waals surface area contributed by atoms with Crippen LogP contribution in [0.25, 0.3) is 11.4 Å². The van der Waals surface area contributed by atoms with Gasteiger partial charge in [0.15, 0.2) is 5.75 Å². The Morgan fingerprint density at radius 2 is 2.12 bits per heavy atom. The van der Waals surface area contributed by atoms with Crippen LogP contribution >= 0.6 is 0 Å². The highest BCUT2D eigenvalue weighted by atomic mass is 16.5. The van der Waals surface area contributed by atoms with Gasteiger partial charge in [0.25, 0.3) is 0 Å². The zero-order chi connectivity index (χ0) is 18.7. The Bertz CT molecular complexity index is 1010. The van der Waals surface area contributed by atoms with E-state index in [0.717, 1.165) is 5.56 Å². The number of aryl methyl sites for hydroxylation is 2. The van der Waals surface area contributed by atoms with Crippen LogP contribution < -0.4 is 15.5 Å². The number of rotatable bonds is 5. The summed E-state index contributed by atoms with van der Waals surface area (Å²) in [5.74, 6) is 0.437. The molecule has 0 spiro atoms. The molecule has 0 aliphatic heterocycles. The zero-order valence-corrected chi connectivity index (χ0v) is 14.6. The molecule has 3 rings (SSSR count). The first kappa shape index (κ1) is 17.3. The normalized spacial score (nSPS) is 10.6. The second-order valence-corrected chi connectivity index (χ2v) is 5.71. The SMILES string of the molecule is COc1cn(CC(=O)Nc2cccc(-c3nnn(C)n3)c2)c(C)cc1=O. The van der Waals surface area contributed by atoms with Gasteiger partial charge in [-0.3, -0.25) is 9.59 Å². The molecule has 0 saturated heterocycles. The minimum atomic E-state index is -0.233. The first-order valence-electron chi connectivity index (χ1n) is 7.85. The fourth-order valence-electron chi connectivity index (χ4n) is 2.47. The molecule has 9 heteroatoms. The van der Waals surface area contributed by atoms with Gasteiger partial charge in [-0.2, -0.15) is 4.80 Å². The third-order valence-corrected chi connectivity index (χ3v) is 3.76. The van der Waals surface area contributed by atoms with Crippen LogP contribution in [0.4, 0.5) is 5.69 Å². The average Bonchev–Trinajstić information content (AvgIpc) is 3.04. The molecule has 1 amide bonds. The molecule has 0 fully saturated rings. The summed E-state index contributed by atoms with van der Waals surface area (Å²) < 4.78 is 6.68. The van der Waals surface area contributed by atoms with Crippen LogP contribution in [0.5, 0.6) is 5.75 Å². The van der Waals surface area contributed by atoms with Crippen molar-refractivity contribution in [2.45, 2.75) is 13.5 Å². The molecule has 0 radical (unpaired) electrons. The smallest absolute Gasteiger partial charge is 0.244 e. The molecule has 1 N–H and O–H groups in total. The molecular weight excluding hydrogens is 336 g/mol. The summed E-state index contributed by atoms with van der Waals surface area (Å²) in [6.45, 7) is 1.81. The molecule has 1 aromatic carbocycles. The van der Waals surface area contributed by atoms with Crippen molar-refractivity contribution in [2.24, 2.45) is 7.05 Å². The summed E-state index contributed by atoms with van der Waals surface area (Å²) in [7, 11) is 3.10. The fourth-order valence-corrected chi connectivity index (χ4v) is 2.47. The van der Waals surface area contributed by atoms with Gasteiger partial charge in [0.2, 0.25) is 17.2 Å². The molecule has 0 saturated carbocycles. The van der Waals surface area contributed by atoms with Crippen molar-refractivity contribution >= 4 is 11.6 Å². The van der Waals surface area contributed by atoms with E-state index in [9.17, 15) is 9.59 Å². The van der Waals surface area contributed by atoms with E-state index in [0.29, 0.717) is 17.2 Å². The Kier molecular flexibility index (Phi) is 4.78. The van der Waals surface area contributed by atoms with Gasteiger partial charge in [-0.25, -0.2) is 0 Å². The summed E-state index contributed by atoms with van der Waals surface area (Å²) >= 11 is 0. The predicted octanol–water partition coefficient (Wildman–Crippen LogP) is 0.995. The van der Waals surface area contributed by atoms with Crippen LogP contribution in [0.2, 0.25) is 0 Å². The molecule has 134 valence electrons. The second kappa shape index (κ2) is 7.18. The average molecular weight is 354 g/mol. The van der Waals surface area contributed by atoms with E-state index in [1.54, 1.807) is 36.7 Å². The number of pyridine rings is 1. The molecule has 0 aliphatic rings. The van der Waals surface area contributed by atoms with Crippen LogP contribution in [0.1, 0.15) is 5.69 Å². The van der Waals surface area contributed by atoms with Crippen LogP contribution in [-0.4, -0.2) is 37.8 Å². The molecule has 2 aromatic heterocycles. The number of ether oxygens (including phenoxy) is 1. The number of hydrogen-bond donors (Lipinski definition) is 1. The Hall–Kier alpha value is -3.49. The number of aromatic nitrogens is 5. The van der Waals surface area contributed by atoms with Crippen molar-refractivity contribution in [1.82, 2.24) is 24.8 Å². The number of carbonyl (C=O) groups is 1. The van der Waals surface area contributed by atoms with Crippen molar-refractivity contribution in [2.75, 3.05) is 12.4 Å². The van der Waals surface area contributed by atoms with Crippen LogP contribution in [0.3, 0.4) is 0 Å². The summed E-state index contributed by atoms with van der Waals surface area (Å²) in [5, 5.41) is 14.7. The number of amides is 1. The van der Waals surface area contributed by atoms with E-state index in [2.05, 4.69) is 20.7 Å². The summed E-state index contributed by atoms with van der Waals surface area (Å²) in [6, 6.07) is 8.62. The summed E-state index contributed by atoms with van der Waals surface area (Å²) in [5.41, 5.74) is 1.82. The second-order valence-electron chi connectivity index (χ2n) is 5.71. The maximum absolute atomic E-state index is 12.4. The van der Waals surface area contributed by atoms with Crippen molar-refractivity contribution in [3.8, 4) is 17.1 Å². The van der Waals surface area contributed by atoms with E-state index in [-0.39, 0.29) is 23.6 Å². The lowest BCUT2D eigenvalue weighted by molar-refractivity contribution is -0.116. The standard InChI is InChI=1S/C17H18N6O3/c1-11-7-14(24)15(26-3)9-23(11)10-16(25)18-13-6-4-5-12(8-13)17-19-21-22(2)20-17/h4-9H,10H2,1-3H3,(H,18,25). The number of anilines is 1. The zero-order valence-electron chi connectivity index (χ0n) is 14.6. The van der Waals surface area contributed by atoms with Crippen molar-refractivity contribution < 1.29 is 9.53 Å². The largest absolute Gasteiger partial charge is 0.491 e. The summed E-state index contributed by atoms with van der Waals surface area (Å²) in [6.07, 6.45) is 1.52. The Morgan fingerprint density at radius 1 is 1.31 bits per heavy atom. The van der Waals surface area contributed by atoms with Gasteiger partial charge >= 0.3 is 0 Å². The number of carbonyl (C=O) groups excluding carboxylic acids is 1. The highest BCUT2D eigenvalue weighted by molar-refractivity contribution is 5.91. The lowest BCUT2D eigenvalue weighted by Crippen LogP contribution is -2.22. The van der Waals surface area contributed by atoms with E-state index < -0.39 is 0 Å². The number of nitrogens with zero attached hydrogens (tertiary/aromatic N) is 5. The Labute approximate surface area is 149 Å². The Balaban J connectivity index is 1.76. The maximum atomic E-state index is 12.4. The Morgan fingerprint density at radius 3 is 2.81 bits per heavy atom. The highest BCUT2D eigenvalue weighted by Gasteiger charge is 2.10. The lowest BCUT2D eigenvalue weighted by atomic mass is 10.2. The van der Waals surface area contributed by atoms with Gasteiger partial charge in [-0.1, -0.05) is 12.1 Å². The van der Waals surface area contributed by atoms with E-state index >= 15 is 0 Å². The number of hydrogen-bond acceptors (Lipinski definition) is 6. The quantitative estimate of drug-likeness (QED) is 0.733. The maximum Gasteiger partial charge on any atom is 0.244 e. The van der Waals surface area contributed by atoms with Gasteiger partial charge in [-0.15, -0.1) is 10.2 Å². The van der Waals surface area contributed by atoms with Gasteiger partial charge < -0.3 is 14.6 Å². The molecule has 0 unspecified atom stereocenters. The van der Waals surface area contributed by atoms with Crippen LogP contribution in [0, 0.1) is 6.92 Å². The monoisotopic (exact) mass is 354 g/mol. The molecular formula is C17H18N6O3. The molecule has 0 aliphatic carbocycles. The number of tetrazole rings is 1. The van der Waals surface area contributed by atoms with Gasteiger partial charge in [0.05, 0.1) is 20.4 Å². The number of benzene rings is 1. The van der Waals surface area contributed by atoms with E-state index in [4.69, 9.17) is 4.74 Å². The lowest BCUT2D eigenvalue weighted by Gasteiger charge is -2.12. The highest BCUT2D eigenvalue weighted by Crippen LogP contribution is 2.18. The predicted molar refractivity (Wildman–Crippen MR) is 94.9 cm³/mol. The topological polar surface area (TPSA) is 104 Å². The van der Waals surface area contributed by atoms with E-state index in [1.165, 1.54) is 24.2 Å². The molecule has 26 heavy (non-hydrogen) atoms. The van der Waals surface area contributed by atoms with Crippen LogP contribution in [0.15, 0.2) is 41.3 Å². The first-order valence-corrected chi connectivity index (χ1v) is 7.85. The van der Waals surface area contributed by atoms with Gasteiger partial charge in [0.1, 0.15) is 6.54 Å². The molecule has 3 aromatic rings.